The molecule has 3 heterocycles. The molecule has 31 heavy (non-hydrogen) atoms. The molecule has 2 aliphatic heterocycles. The zero-order valence-electron chi connectivity index (χ0n) is 18.6. The zero-order valence-corrected chi connectivity index (χ0v) is 19.5. The van der Waals surface area contributed by atoms with Gasteiger partial charge in [0.2, 0.25) is 10.0 Å². The predicted octanol–water partition coefficient (Wildman–Crippen LogP) is 3.07. The molecule has 3 fully saturated rings. The van der Waals surface area contributed by atoms with Crippen molar-refractivity contribution in [2.45, 2.75) is 81.6 Å². The first-order valence-electron chi connectivity index (χ1n) is 11.6. The Kier molecular flexibility index (Phi) is 7.17. The molecule has 1 aromatic heterocycles. The summed E-state index contributed by atoms with van der Waals surface area (Å²) < 4.78 is 46.3. The Hall–Kier alpha value is -1.26. The van der Waals surface area contributed by atoms with E-state index in [2.05, 4.69) is 17.2 Å². The van der Waals surface area contributed by atoms with E-state index in [1.165, 1.54) is 0 Å². The summed E-state index contributed by atoms with van der Waals surface area (Å²) in [5.41, 5.74) is 0.784. The number of ether oxygens (including phenoxy) is 3. The molecule has 0 aromatic carbocycles. The van der Waals surface area contributed by atoms with Gasteiger partial charge in [0.25, 0.3) is 0 Å². The van der Waals surface area contributed by atoms with E-state index in [9.17, 15) is 8.42 Å². The van der Waals surface area contributed by atoms with Gasteiger partial charge < -0.3 is 19.5 Å². The van der Waals surface area contributed by atoms with Gasteiger partial charge in [-0.05, 0) is 51.2 Å². The molecule has 1 aliphatic carbocycles. The number of nitrogens with one attached hydrogen (secondary N) is 1. The van der Waals surface area contributed by atoms with Gasteiger partial charge in [0, 0.05) is 44.3 Å². The Balaban J connectivity index is 1.49. The Morgan fingerprint density at radius 1 is 1.23 bits per heavy atom. The highest BCUT2D eigenvalue weighted by molar-refractivity contribution is 7.89. The highest BCUT2D eigenvalue weighted by Gasteiger charge is 2.44. The zero-order chi connectivity index (χ0) is 21.9. The first-order chi connectivity index (χ1) is 14.9. The Bertz CT molecular complexity index is 857. The van der Waals surface area contributed by atoms with Crippen LogP contribution in [-0.4, -0.2) is 68.6 Å². The van der Waals surface area contributed by atoms with Crippen LogP contribution in [0.25, 0.3) is 0 Å². The first-order valence-corrected chi connectivity index (χ1v) is 13.0. The third kappa shape index (κ3) is 5.22. The normalized spacial score (nSPS) is 26.9. The van der Waals surface area contributed by atoms with Crippen molar-refractivity contribution in [3.05, 3.63) is 17.8 Å². The van der Waals surface area contributed by atoms with Gasteiger partial charge in [-0.1, -0.05) is 6.92 Å². The lowest BCUT2D eigenvalue weighted by Crippen LogP contribution is -2.34. The lowest BCUT2D eigenvalue weighted by molar-refractivity contribution is -0.150. The first kappa shape index (κ1) is 22.9. The van der Waals surface area contributed by atoms with Gasteiger partial charge in [0.15, 0.2) is 5.79 Å². The standard InChI is InChI=1S/C22H35N3O5S/c1-3-13-28-19-5-4-11-25(12-9-19)31(26,27)20-7-6-17(2)23-21(20)24-18-8-10-22(16-18)29-14-15-30-22/h6-7,18-19H,3-5,8-16H2,1-2H3,(H,23,24). The highest BCUT2D eigenvalue weighted by atomic mass is 32.2. The number of hydrogen-bond donors (Lipinski definition) is 1. The minimum atomic E-state index is -3.66. The summed E-state index contributed by atoms with van der Waals surface area (Å²) in [6.07, 6.45) is 5.89. The van der Waals surface area contributed by atoms with Crippen LogP contribution in [0.1, 0.15) is 57.6 Å². The Morgan fingerprint density at radius 2 is 2.03 bits per heavy atom. The average Bonchev–Trinajstić information content (AvgIpc) is 3.28. The van der Waals surface area contributed by atoms with E-state index in [0.717, 1.165) is 50.8 Å². The fraction of sp³-hybridized carbons (Fsp3) is 0.773. The van der Waals surface area contributed by atoms with Crippen molar-refractivity contribution in [3.63, 3.8) is 0 Å². The van der Waals surface area contributed by atoms with Crippen LogP contribution < -0.4 is 5.32 Å². The fourth-order valence-electron chi connectivity index (χ4n) is 4.77. The smallest absolute Gasteiger partial charge is 0.246 e. The fourth-order valence-corrected chi connectivity index (χ4v) is 6.36. The minimum absolute atomic E-state index is 0.0670. The van der Waals surface area contributed by atoms with E-state index in [1.54, 1.807) is 16.4 Å². The molecule has 2 atom stereocenters. The predicted molar refractivity (Wildman–Crippen MR) is 118 cm³/mol. The number of aromatic nitrogens is 1. The summed E-state index contributed by atoms with van der Waals surface area (Å²) in [5, 5.41) is 3.40. The minimum Gasteiger partial charge on any atom is -0.378 e. The van der Waals surface area contributed by atoms with Gasteiger partial charge in [-0.3, -0.25) is 0 Å². The van der Waals surface area contributed by atoms with Crippen molar-refractivity contribution >= 4 is 15.8 Å². The van der Waals surface area contributed by atoms with Crippen molar-refractivity contribution < 1.29 is 22.6 Å². The van der Waals surface area contributed by atoms with Gasteiger partial charge in [0.05, 0.1) is 19.3 Å². The quantitative estimate of drug-likeness (QED) is 0.678. The van der Waals surface area contributed by atoms with E-state index in [-0.39, 0.29) is 17.0 Å². The number of aryl methyl sites for hydroxylation is 1. The topological polar surface area (TPSA) is 90.0 Å². The Morgan fingerprint density at radius 3 is 2.81 bits per heavy atom. The summed E-state index contributed by atoms with van der Waals surface area (Å²) in [7, 11) is -3.66. The second kappa shape index (κ2) is 9.70. The molecule has 0 radical (unpaired) electrons. The van der Waals surface area contributed by atoms with Gasteiger partial charge in [0.1, 0.15) is 10.7 Å². The van der Waals surface area contributed by atoms with Gasteiger partial charge in [-0.25, -0.2) is 13.4 Å². The number of pyridine rings is 1. The molecule has 4 rings (SSSR count). The SMILES string of the molecule is CCCOC1CCCN(S(=O)(=O)c2ccc(C)nc2NC2CCC3(C2)OCCO3)CC1. The van der Waals surface area contributed by atoms with E-state index in [0.29, 0.717) is 38.5 Å². The summed E-state index contributed by atoms with van der Waals surface area (Å²) in [4.78, 5) is 4.82. The second-order valence-electron chi connectivity index (χ2n) is 8.82. The molecule has 0 amide bonds. The van der Waals surface area contributed by atoms with Crippen molar-refractivity contribution in [1.82, 2.24) is 9.29 Å². The summed E-state index contributed by atoms with van der Waals surface area (Å²) in [5.74, 6) is -0.0817. The van der Waals surface area contributed by atoms with Crippen molar-refractivity contribution in [2.24, 2.45) is 0 Å². The second-order valence-corrected chi connectivity index (χ2v) is 10.7. The van der Waals surface area contributed by atoms with Gasteiger partial charge in [-0.2, -0.15) is 4.31 Å². The van der Waals surface area contributed by atoms with E-state index in [1.807, 2.05) is 6.92 Å². The Labute approximate surface area is 185 Å². The van der Waals surface area contributed by atoms with Crippen LogP contribution in [0.3, 0.4) is 0 Å². The van der Waals surface area contributed by atoms with Crippen LogP contribution in [0.5, 0.6) is 0 Å². The van der Waals surface area contributed by atoms with Crippen LogP contribution in [0.15, 0.2) is 17.0 Å². The summed E-state index contributed by atoms with van der Waals surface area (Å²) >= 11 is 0. The monoisotopic (exact) mass is 453 g/mol. The molecule has 1 N–H and O–H groups in total. The molecule has 2 saturated heterocycles. The lowest BCUT2D eigenvalue weighted by atomic mass is 10.2. The molecular formula is C22H35N3O5S. The highest BCUT2D eigenvalue weighted by Crippen LogP contribution is 2.39. The molecule has 3 aliphatic rings. The molecule has 9 heteroatoms. The van der Waals surface area contributed by atoms with Crippen molar-refractivity contribution in [3.8, 4) is 0 Å². The largest absolute Gasteiger partial charge is 0.378 e. The van der Waals surface area contributed by atoms with Crippen LogP contribution in [0, 0.1) is 6.92 Å². The molecule has 2 unspecified atom stereocenters. The molecular weight excluding hydrogens is 418 g/mol. The maximum atomic E-state index is 13.6. The molecule has 1 spiro atoms. The maximum Gasteiger partial charge on any atom is 0.246 e. The average molecular weight is 454 g/mol. The third-order valence-corrected chi connectivity index (χ3v) is 8.32. The lowest BCUT2D eigenvalue weighted by Gasteiger charge is -2.24. The summed E-state index contributed by atoms with van der Waals surface area (Å²) in [6, 6.07) is 3.52. The number of anilines is 1. The van der Waals surface area contributed by atoms with Gasteiger partial charge in [-0.15, -0.1) is 0 Å². The number of rotatable bonds is 7. The number of sulfonamides is 1. The van der Waals surface area contributed by atoms with E-state index < -0.39 is 15.8 Å². The third-order valence-electron chi connectivity index (χ3n) is 6.39. The molecule has 1 aromatic rings. The van der Waals surface area contributed by atoms with E-state index in [4.69, 9.17) is 14.2 Å². The molecule has 8 nitrogen and oxygen atoms in total. The maximum absolute atomic E-state index is 13.6. The van der Waals surface area contributed by atoms with Crippen LogP contribution in [0.4, 0.5) is 5.82 Å². The molecule has 174 valence electrons. The van der Waals surface area contributed by atoms with Crippen LogP contribution in [0.2, 0.25) is 0 Å². The number of nitrogens with zero attached hydrogens (tertiary/aromatic N) is 2. The summed E-state index contributed by atoms with van der Waals surface area (Å²) in [6.45, 7) is 6.91. The van der Waals surface area contributed by atoms with Crippen LogP contribution in [-0.2, 0) is 24.2 Å². The van der Waals surface area contributed by atoms with Crippen molar-refractivity contribution in [1.29, 1.82) is 0 Å². The molecule has 1 saturated carbocycles. The molecule has 0 bridgehead atoms. The van der Waals surface area contributed by atoms with Crippen molar-refractivity contribution in [2.75, 3.05) is 38.2 Å². The van der Waals surface area contributed by atoms with E-state index >= 15 is 0 Å². The van der Waals surface area contributed by atoms with Crippen LogP contribution >= 0.6 is 0 Å². The van der Waals surface area contributed by atoms with Gasteiger partial charge >= 0.3 is 0 Å². The number of hydrogen-bond acceptors (Lipinski definition) is 7.